The van der Waals surface area contributed by atoms with Crippen LogP contribution in [0.15, 0.2) is 11.4 Å². The maximum atomic E-state index is 9.03. The Kier molecular flexibility index (Phi) is 5.48. The molecule has 0 fully saturated rings. The number of aliphatic hydroxyl groups excluding tert-OH is 1. The molecule has 2 N–H and O–H groups in total. The van der Waals surface area contributed by atoms with Gasteiger partial charge in [-0.3, -0.25) is 0 Å². The summed E-state index contributed by atoms with van der Waals surface area (Å²) in [6.07, 6.45) is 1.68. The second-order valence-corrected chi connectivity index (χ2v) is 4.83. The third kappa shape index (κ3) is 4.96. The Morgan fingerprint density at radius 1 is 1.64 bits per heavy atom. The van der Waals surface area contributed by atoms with E-state index in [9.17, 15) is 0 Å². The molecule has 0 saturated heterocycles. The fourth-order valence-corrected chi connectivity index (χ4v) is 2.22. The normalized spacial score (nSPS) is 13.1. The Morgan fingerprint density at radius 2 is 2.43 bits per heavy atom. The van der Waals surface area contributed by atoms with Gasteiger partial charge in [0.15, 0.2) is 0 Å². The highest BCUT2D eigenvalue weighted by Gasteiger charge is 1.98. The zero-order valence-electron chi connectivity index (χ0n) is 8.29. The number of thiophene rings is 1. The zero-order valence-corrected chi connectivity index (χ0v) is 9.87. The predicted molar refractivity (Wildman–Crippen MR) is 62.0 cm³/mol. The summed E-state index contributed by atoms with van der Waals surface area (Å²) in [4.78, 5) is 1.26. The third-order valence-corrected chi connectivity index (χ3v) is 3.18. The summed E-state index contributed by atoms with van der Waals surface area (Å²) in [5.41, 5.74) is 0. The van der Waals surface area contributed by atoms with Gasteiger partial charge in [0.25, 0.3) is 0 Å². The molecule has 0 aromatic carbocycles. The van der Waals surface area contributed by atoms with Crippen LogP contribution in [0, 0.1) is 0 Å². The molecule has 0 aliphatic heterocycles. The van der Waals surface area contributed by atoms with E-state index in [0.29, 0.717) is 0 Å². The molecule has 0 aliphatic carbocycles. The Labute approximate surface area is 93.9 Å². The van der Waals surface area contributed by atoms with Crippen LogP contribution in [0.2, 0.25) is 5.02 Å². The molecule has 0 amide bonds. The van der Waals surface area contributed by atoms with Crippen LogP contribution in [0.25, 0.3) is 0 Å². The monoisotopic (exact) mass is 233 g/mol. The fraction of sp³-hybridized carbons (Fsp3) is 0.600. The lowest BCUT2D eigenvalue weighted by Crippen LogP contribution is -2.15. The first kappa shape index (κ1) is 12.0. The molecule has 0 spiro atoms. The highest BCUT2D eigenvalue weighted by atomic mass is 35.5. The van der Waals surface area contributed by atoms with Crippen molar-refractivity contribution >= 4 is 22.9 Å². The molecule has 1 heterocycles. The molecule has 1 aromatic heterocycles. The van der Waals surface area contributed by atoms with Gasteiger partial charge in [0.05, 0.1) is 11.1 Å². The summed E-state index contributed by atoms with van der Waals surface area (Å²) in [5.74, 6) is 0. The lowest BCUT2D eigenvalue weighted by molar-refractivity contribution is 0.181. The summed E-state index contributed by atoms with van der Waals surface area (Å²) in [7, 11) is 0. The summed E-state index contributed by atoms with van der Waals surface area (Å²) in [6.45, 7) is 3.64. The van der Waals surface area contributed by atoms with E-state index in [0.717, 1.165) is 31.0 Å². The van der Waals surface area contributed by atoms with Gasteiger partial charge in [0.1, 0.15) is 0 Å². The number of hydrogen-bond donors (Lipinski definition) is 2. The minimum atomic E-state index is -0.187. The standard InChI is InChI=1S/C10H16ClNOS/c1-8(13)3-2-4-12-6-10-5-9(11)7-14-10/h5,7-8,12-13H,2-4,6H2,1H3. The van der Waals surface area contributed by atoms with Crippen molar-refractivity contribution in [2.45, 2.75) is 32.4 Å². The van der Waals surface area contributed by atoms with Crippen LogP contribution in [-0.2, 0) is 6.54 Å². The number of aliphatic hydroxyl groups is 1. The van der Waals surface area contributed by atoms with E-state index < -0.39 is 0 Å². The van der Waals surface area contributed by atoms with Gasteiger partial charge in [-0.05, 0) is 32.4 Å². The molecule has 1 atom stereocenters. The highest BCUT2D eigenvalue weighted by Crippen LogP contribution is 2.18. The van der Waals surface area contributed by atoms with E-state index >= 15 is 0 Å². The number of nitrogens with one attached hydrogen (secondary N) is 1. The number of halogens is 1. The molecule has 0 radical (unpaired) electrons. The van der Waals surface area contributed by atoms with E-state index in [-0.39, 0.29) is 6.10 Å². The minimum Gasteiger partial charge on any atom is -0.393 e. The second kappa shape index (κ2) is 6.40. The van der Waals surface area contributed by atoms with Crippen molar-refractivity contribution in [3.05, 3.63) is 21.3 Å². The van der Waals surface area contributed by atoms with Crippen molar-refractivity contribution < 1.29 is 5.11 Å². The second-order valence-electron chi connectivity index (χ2n) is 3.40. The number of rotatable bonds is 6. The molecule has 1 rings (SSSR count). The van der Waals surface area contributed by atoms with Gasteiger partial charge in [0.2, 0.25) is 0 Å². The Hall–Kier alpha value is -0.0900. The van der Waals surface area contributed by atoms with E-state index in [1.54, 1.807) is 11.3 Å². The summed E-state index contributed by atoms with van der Waals surface area (Å²) in [5, 5.41) is 15.1. The third-order valence-electron chi connectivity index (χ3n) is 1.90. The molecule has 1 aromatic rings. The maximum Gasteiger partial charge on any atom is 0.0516 e. The van der Waals surface area contributed by atoms with Gasteiger partial charge in [0, 0.05) is 16.8 Å². The van der Waals surface area contributed by atoms with Crippen molar-refractivity contribution in [1.29, 1.82) is 0 Å². The fourth-order valence-electron chi connectivity index (χ4n) is 1.18. The largest absolute Gasteiger partial charge is 0.393 e. The summed E-state index contributed by atoms with van der Waals surface area (Å²) >= 11 is 7.46. The summed E-state index contributed by atoms with van der Waals surface area (Å²) in [6, 6.07) is 1.98. The smallest absolute Gasteiger partial charge is 0.0516 e. The lowest BCUT2D eigenvalue weighted by atomic mass is 10.2. The van der Waals surface area contributed by atoms with Gasteiger partial charge in [-0.2, -0.15) is 0 Å². The molecule has 2 nitrogen and oxygen atoms in total. The molecule has 0 bridgehead atoms. The number of hydrogen-bond acceptors (Lipinski definition) is 3. The van der Waals surface area contributed by atoms with Gasteiger partial charge < -0.3 is 10.4 Å². The molecule has 0 saturated carbocycles. The molecule has 0 aliphatic rings. The van der Waals surface area contributed by atoms with Crippen molar-refractivity contribution in [2.24, 2.45) is 0 Å². The van der Waals surface area contributed by atoms with E-state index in [1.807, 2.05) is 18.4 Å². The van der Waals surface area contributed by atoms with Crippen LogP contribution >= 0.6 is 22.9 Å². The van der Waals surface area contributed by atoms with Crippen molar-refractivity contribution in [3.63, 3.8) is 0 Å². The molecule has 80 valence electrons. The summed E-state index contributed by atoms with van der Waals surface area (Å²) < 4.78 is 0. The average molecular weight is 234 g/mol. The topological polar surface area (TPSA) is 32.3 Å². The SMILES string of the molecule is CC(O)CCCNCc1cc(Cl)cs1. The molecular weight excluding hydrogens is 218 g/mol. The van der Waals surface area contributed by atoms with Crippen LogP contribution in [0.4, 0.5) is 0 Å². The molecule has 14 heavy (non-hydrogen) atoms. The van der Waals surface area contributed by atoms with Crippen LogP contribution < -0.4 is 5.32 Å². The Morgan fingerprint density at radius 3 is 3.00 bits per heavy atom. The maximum absolute atomic E-state index is 9.03. The minimum absolute atomic E-state index is 0.187. The van der Waals surface area contributed by atoms with Gasteiger partial charge in [-0.25, -0.2) is 0 Å². The molecule has 1 unspecified atom stereocenters. The quantitative estimate of drug-likeness (QED) is 0.741. The average Bonchev–Trinajstić information content (AvgIpc) is 2.50. The highest BCUT2D eigenvalue weighted by molar-refractivity contribution is 7.10. The Bertz CT molecular complexity index is 262. The lowest BCUT2D eigenvalue weighted by Gasteiger charge is -2.04. The first-order chi connectivity index (χ1) is 6.68. The van der Waals surface area contributed by atoms with E-state index in [2.05, 4.69) is 5.32 Å². The Balaban J connectivity index is 2.04. The van der Waals surface area contributed by atoms with Crippen LogP contribution in [0.5, 0.6) is 0 Å². The van der Waals surface area contributed by atoms with E-state index in [4.69, 9.17) is 16.7 Å². The van der Waals surface area contributed by atoms with Crippen molar-refractivity contribution in [2.75, 3.05) is 6.54 Å². The van der Waals surface area contributed by atoms with Crippen molar-refractivity contribution in [1.82, 2.24) is 5.32 Å². The van der Waals surface area contributed by atoms with E-state index in [1.165, 1.54) is 4.88 Å². The van der Waals surface area contributed by atoms with Gasteiger partial charge >= 0.3 is 0 Å². The first-order valence-electron chi connectivity index (χ1n) is 4.80. The molecule has 4 heteroatoms. The van der Waals surface area contributed by atoms with Gasteiger partial charge in [-0.1, -0.05) is 11.6 Å². The zero-order chi connectivity index (χ0) is 10.4. The van der Waals surface area contributed by atoms with Crippen LogP contribution in [-0.4, -0.2) is 17.8 Å². The molecular formula is C10H16ClNOS. The first-order valence-corrected chi connectivity index (χ1v) is 6.06. The van der Waals surface area contributed by atoms with Crippen LogP contribution in [0.3, 0.4) is 0 Å². The predicted octanol–water partition coefficient (Wildman–Crippen LogP) is 2.65. The van der Waals surface area contributed by atoms with Crippen molar-refractivity contribution in [3.8, 4) is 0 Å². The van der Waals surface area contributed by atoms with Crippen LogP contribution in [0.1, 0.15) is 24.6 Å². The van der Waals surface area contributed by atoms with Gasteiger partial charge in [-0.15, -0.1) is 11.3 Å².